The zero-order valence-corrected chi connectivity index (χ0v) is 12.1. The average Bonchev–Trinajstić information content (AvgIpc) is 2.58. The molecule has 4 nitrogen and oxygen atoms in total. The third kappa shape index (κ3) is 4.39. The highest BCUT2D eigenvalue weighted by Crippen LogP contribution is 2.16. The molecule has 0 bridgehead atoms. The summed E-state index contributed by atoms with van der Waals surface area (Å²) in [6.45, 7) is 4.26. The van der Waals surface area contributed by atoms with E-state index in [9.17, 15) is 8.42 Å². The van der Waals surface area contributed by atoms with Gasteiger partial charge in [-0.15, -0.1) is 11.6 Å². The van der Waals surface area contributed by atoms with Crippen molar-refractivity contribution < 1.29 is 8.42 Å². The fourth-order valence-electron chi connectivity index (χ4n) is 2.11. The minimum Gasteiger partial charge on any atom is -0.195 e. The van der Waals surface area contributed by atoms with Crippen LogP contribution < -0.4 is 0 Å². The van der Waals surface area contributed by atoms with Gasteiger partial charge in [-0.05, 0) is 19.3 Å². The Bertz CT molecular complexity index is 301. The van der Waals surface area contributed by atoms with E-state index in [2.05, 4.69) is 0 Å². The van der Waals surface area contributed by atoms with Gasteiger partial charge in [-0.1, -0.05) is 19.8 Å². The number of alkyl halides is 1. The first-order chi connectivity index (χ1) is 8.12. The lowest BCUT2D eigenvalue weighted by molar-refractivity contribution is 0.347. The number of nitrogens with zero attached hydrogens (tertiary/aromatic N) is 2. The van der Waals surface area contributed by atoms with Crippen LogP contribution >= 0.6 is 11.6 Å². The third-order valence-corrected chi connectivity index (χ3v) is 5.49. The van der Waals surface area contributed by atoms with E-state index in [-0.39, 0.29) is 0 Å². The Kier molecular flexibility index (Phi) is 6.77. The van der Waals surface area contributed by atoms with Crippen molar-refractivity contribution >= 4 is 21.8 Å². The van der Waals surface area contributed by atoms with Gasteiger partial charge in [0.1, 0.15) is 0 Å². The van der Waals surface area contributed by atoms with E-state index in [0.717, 1.165) is 25.7 Å². The van der Waals surface area contributed by atoms with E-state index in [0.29, 0.717) is 38.5 Å². The molecule has 0 N–H and O–H groups in total. The number of hydrogen-bond donors (Lipinski definition) is 0. The van der Waals surface area contributed by atoms with Crippen molar-refractivity contribution in [2.45, 2.75) is 39.0 Å². The highest BCUT2D eigenvalue weighted by Gasteiger charge is 2.28. The van der Waals surface area contributed by atoms with Crippen LogP contribution in [0.15, 0.2) is 0 Å². The molecule has 6 heteroatoms. The van der Waals surface area contributed by atoms with E-state index < -0.39 is 10.2 Å². The van der Waals surface area contributed by atoms with Gasteiger partial charge in [-0.25, -0.2) is 0 Å². The summed E-state index contributed by atoms with van der Waals surface area (Å²) in [5.74, 6) is 0.506. The Balaban J connectivity index is 2.68. The van der Waals surface area contributed by atoms with Crippen LogP contribution in [0.2, 0.25) is 0 Å². The lowest BCUT2D eigenvalue weighted by Crippen LogP contribution is -2.44. The molecule has 0 amide bonds. The summed E-state index contributed by atoms with van der Waals surface area (Å²) in [4.78, 5) is 0. The summed E-state index contributed by atoms with van der Waals surface area (Å²) < 4.78 is 27.9. The van der Waals surface area contributed by atoms with Gasteiger partial charge in [0, 0.05) is 32.1 Å². The molecule has 102 valence electrons. The molecule has 1 saturated heterocycles. The van der Waals surface area contributed by atoms with Gasteiger partial charge < -0.3 is 0 Å². The maximum atomic E-state index is 12.4. The number of rotatable bonds is 6. The van der Waals surface area contributed by atoms with Crippen LogP contribution in [0.25, 0.3) is 0 Å². The van der Waals surface area contributed by atoms with Crippen molar-refractivity contribution in [1.29, 1.82) is 0 Å². The summed E-state index contributed by atoms with van der Waals surface area (Å²) in [6, 6.07) is 0. The van der Waals surface area contributed by atoms with Crippen molar-refractivity contribution in [2.24, 2.45) is 0 Å². The first-order valence-corrected chi connectivity index (χ1v) is 8.37. The van der Waals surface area contributed by atoms with E-state index >= 15 is 0 Å². The fraction of sp³-hybridized carbons (Fsp3) is 1.00. The van der Waals surface area contributed by atoms with Crippen LogP contribution in [0.4, 0.5) is 0 Å². The Hall–Kier alpha value is 0.160. The van der Waals surface area contributed by atoms with Gasteiger partial charge >= 0.3 is 0 Å². The Morgan fingerprint density at radius 1 is 1.18 bits per heavy atom. The predicted molar refractivity (Wildman–Crippen MR) is 71.5 cm³/mol. The van der Waals surface area contributed by atoms with Gasteiger partial charge in [-0.3, -0.25) is 0 Å². The van der Waals surface area contributed by atoms with Crippen LogP contribution in [0.3, 0.4) is 0 Å². The molecule has 0 aromatic carbocycles. The van der Waals surface area contributed by atoms with Gasteiger partial charge in [0.05, 0.1) is 0 Å². The highest BCUT2D eigenvalue weighted by molar-refractivity contribution is 7.86. The van der Waals surface area contributed by atoms with E-state index in [4.69, 9.17) is 11.6 Å². The Labute approximate surface area is 110 Å². The smallest absolute Gasteiger partial charge is 0.195 e. The van der Waals surface area contributed by atoms with Crippen molar-refractivity contribution in [3.05, 3.63) is 0 Å². The molecule has 1 aliphatic rings. The third-order valence-electron chi connectivity index (χ3n) is 3.11. The van der Waals surface area contributed by atoms with Crippen LogP contribution in [-0.2, 0) is 10.2 Å². The molecule has 0 spiro atoms. The standard InChI is InChI=1S/C11H23ClN2O2S/c1-2-13(11-7-8-12)17(15,16)14-9-5-3-4-6-10-14/h2-11H2,1H3. The van der Waals surface area contributed by atoms with Crippen molar-refractivity contribution in [1.82, 2.24) is 8.61 Å². The minimum absolute atomic E-state index is 0.506. The molecule has 1 aliphatic heterocycles. The van der Waals surface area contributed by atoms with E-state index in [1.165, 1.54) is 0 Å². The quantitative estimate of drug-likeness (QED) is 0.700. The topological polar surface area (TPSA) is 40.6 Å². The average molecular weight is 283 g/mol. The Morgan fingerprint density at radius 3 is 2.24 bits per heavy atom. The second-order valence-corrected chi connectivity index (χ2v) is 6.66. The molecule has 0 aliphatic carbocycles. The minimum atomic E-state index is -3.26. The normalized spacial score (nSPS) is 19.5. The summed E-state index contributed by atoms with van der Waals surface area (Å²) in [7, 11) is -3.26. The van der Waals surface area contributed by atoms with E-state index in [1.807, 2.05) is 6.92 Å². The zero-order chi connectivity index (χ0) is 12.7. The second kappa shape index (κ2) is 7.56. The molecule has 0 unspecified atom stereocenters. The predicted octanol–water partition coefficient (Wildman–Crippen LogP) is 2.06. The molecule has 0 saturated carbocycles. The van der Waals surface area contributed by atoms with Gasteiger partial charge in [0.15, 0.2) is 0 Å². The van der Waals surface area contributed by atoms with Crippen molar-refractivity contribution in [3.63, 3.8) is 0 Å². The summed E-state index contributed by atoms with van der Waals surface area (Å²) in [6.07, 6.45) is 4.95. The number of halogens is 1. The molecular formula is C11H23ClN2O2S. The van der Waals surface area contributed by atoms with Crippen molar-refractivity contribution in [3.8, 4) is 0 Å². The molecule has 1 heterocycles. The molecule has 0 radical (unpaired) electrons. The van der Waals surface area contributed by atoms with Crippen LogP contribution in [0.5, 0.6) is 0 Å². The largest absolute Gasteiger partial charge is 0.281 e. The molecule has 0 aromatic heterocycles. The first kappa shape index (κ1) is 15.2. The van der Waals surface area contributed by atoms with E-state index in [1.54, 1.807) is 8.61 Å². The molecule has 0 atom stereocenters. The van der Waals surface area contributed by atoms with Gasteiger partial charge in [0.25, 0.3) is 10.2 Å². The molecule has 1 rings (SSSR count). The maximum absolute atomic E-state index is 12.4. The monoisotopic (exact) mass is 282 g/mol. The highest BCUT2D eigenvalue weighted by atomic mass is 35.5. The lowest BCUT2D eigenvalue weighted by Gasteiger charge is -2.28. The SMILES string of the molecule is CCN(CCCCl)S(=O)(=O)N1CCCCCC1. The van der Waals surface area contributed by atoms with Crippen molar-refractivity contribution in [2.75, 3.05) is 32.1 Å². The molecule has 17 heavy (non-hydrogen) atoms. The number of hydrogen-bond acceptors (Lipinski definition) is 2. The fourth-order valence-corrected chi connectivity index (χ4v) is 3.96. The second-order valence-electron chi connectivity index (χ2n) is 4.36. The van der Waals surface area contributed by atoms with Gasteiger partial charge in [0.2, 0.25) is 0 Å². The summed E-state index contributed by atoms with van der Waals surface area (Å²) in [5, 5.41) is 0. The molecule has 0 aromatic rings. The maximum Gasteiger partial charge on any atom is 0.281 e. The van der Waals surface area contributed by atoms with Crippen LogP contribution in [-0.4, -0.2) is 49.1 Å². The summed E-state index contributed by atoms with van der Waals surface area (Å²) >= 11 is 5.63. The Morgan fingerprint density at radius 2 is 1.76 bits per heavy atom. The van der Waals surface area contributed by atoms with Crippen LogP contribution in [0.1, 0.15) is 39.0 Å². The molecular weight excluding hydrogens is 260 g/mol. The zero-order valence-electron chi connectivity index (χ0n) is 10.6. The summed E-state index contributed by atoms with van der Waals surface area (Å²) in [5.41, 5.74) is 0. The molecule has 1 fully saturated rings. The lowest BCUT2D eigenvalue weighted by atomic mass is 10.2. The van der Waals surface area contributed by atoms with Gasteiger partial charge in [-0.2, -0.15) is 17.0 Å². The van der Waals surface area contributed by atoms with Crippen LogP contribution in [0, 0.1) is 0 Å². The first-order valence-electron chi connectivity index (χ1n) is 6.44.